The summed E-state index contributed by atoms with van der Waals surface area (Å²) in [6, 6.07) is 11.9. The first-order valence-electron chi connectivity index (χ1n) is 17.2. The van der Waals surface area contributed by atoms with Crippen LogP contribution in [0.15, 0.2) is 48.8 Å². The molecule has 0 saturated carbocycles. The quantitative estimate of drug-likeness (QED) is 0.113. The van der Waals surface area contributed by atoms with Gasteiger partial charge in [-0.05, 0) is 51.1 Å². The minimum absolute atomic E-state index is 0.103. The van der Waals surface area contributed by atoms with Crippen LogP contribution >= 0.6 is 7.75 Å². The summed E-state index contributed by atoms with van der Waals surface area (Å²) in [5, 5.41) is 17.7. The van der Waals surface area contributed by atoms with Gasteiger partial charge in [0.1, 0.15) is 42.4 Å². The predicted octanol–water partition coefficient (Wildman–Crippen LogP) is 3.85. The number of nitrogens with zero attached hydrogens (tertiary/aromatic N) is 5. The van der Waals surface area contributed by atoms with Gasteiger partial charge >= 0.3 is 25.7 Å². The van der Waals surface area contributed by atoms with E-state index >= 15 is 0 Å². The summed E-state index contributed by atoms with van der Waals surface area (Å²) in [4.78, 5) is 45.9. The van der Waals surface area contributed by atoms with E-state index in [1.807, 2.05) is 13.1 Å². The van der Waals surface area contributed by atoms with E-state index in [9.17, 15) is 24.2 Å². The van der Waals surface area contributed by atoms with Gasteiger partial charge in [0.2, 0.25) is 5.60 Å². The summed E-state index contributed by atoms with van der Waals surface area (Å²) in [6.45, 7) is 8.40. The number of piperidine rings is 1. The molecule has 0 spiro atoms. The first-order valence-corrected chi connectivity index (χ1v) is 18.8. The molecule has 1 fully saturated rings. The smallest absolute Gasteiger partial charge is 0.459 e. The van der Waals surface area contributed by atoms with E-state index in [0.29, 0.717) is 18.4 Å². The normalized spacial score (nSPS) is 18.0. The van der Waals surface area contributed by atoms with E-state index in [2.05, 4.69) is 20.1 Å². The zero-order valence-electron chi connectivity index (χ0n) is 31.0. The lowest BCUT2D eigenvalue weighted by Crippen LogP contribution is -2.54. The third-order valence-corrected chi connectivity index (χ3v) is 10.2. The molecule has 18 heteroatoms. The average molecular weight is 758 g/mol. The number of hydrogen-bond acceptors (Lipinski definition) is 15. The number of anilines is 1. The molecule has 1 aromatic carbocycles. The molecule has 3 N–H and O–H groups in total. The van der Waals surface area contributed by atoms with E-state index in [0.717, 1.165) is 20.2 Å². The van der Waals surface area contributed by atoms with Gasteiger partial charge in [0.25, 0.3) is 0 Å². The number of rotatable bonds is 17. The molecule has 0 radical (unpaired) electrons. The molecule has 0 aliphatic carbocycles. The van der Waals surface area contributed by atoms with Crippen molar-refractivity contribution in [2.24, 2.45) is 11.8 Å². The maximum absolute atomic E-state index is 14.6. The molecule has 1 unspecified atom stereocenters. The SMILES string of the molecule is CO[C@](C#N)(COP(=O)(N[C@@H](C)C(=O)OC1CCN(C)CC1)Oc1ccccc1)[C@@H](OC(=O)C(C)C)[C@@H](OC(=O)C(C)C)c1ccc2c(N)ncnn12. The van der Waals surface area contributed by atoms with Gasteiger partial charge in [-0.15, -0.1) is 0 Å². The first-order chi connectivity index (χ1) is 25.1. The Hall–Kier alpha value is -4.59. The van der Waals surface area contributed by atoms with Crippen molar-refractivity contribution in [2.45, 2.75) is 77.4 Å². The molecule has 5 atom stereocenters. The maximum atomic E-state index is 14.6. The molecule has 1 aliphatic heterocycles. The Morgan fingerprint density at radius 3 is 2.26 bits per heavy atom. The van der Waals surface area contributed by atoms with E-state index in [1.165, 1.54) is 36.0 Å². The number of fused-ring (bicyclic) bond motifs is 1. The lowest BCUT2D eigenvalue weighted by atomic mass is 9.92. The van der Waals surface area contributed by atoms with E-state index in [-0.39, 0.29) is 23.4 Å². The highest BCUT2D eigenvalue weighted by Gasteiger charge is 2.53. The summed E-state index contributed by atoms with van der Waals surface area (Å²) in [5.74, 6) is -3.32. The first kappa shape index (κ1) is 41.2. The highest BCUT2D eigenvalue weighted by Crippen LogP contribution is 2.47. The second-order valence-corrected chi connectivity index (χ2v) is 15.1. The lowest BCUT2D eigenvalue weighted by molar-refractivity contribution is -0.197. The van der Waals surface area contributed by atoms with Gasteiger partial charge in [-0.1, -0.05) is 45.9 Å². The van der Waals surface area contributed by atoms with Gasteiger partial charge in [-0.3, -0.25) is 18.9 Å². The summed E-state index contributed by atoms with van der Waals surface area (Å²) in [6.07, 6.45) is -1.19. The van der Waals surface area contributed by atoms with Crippen LogP contribution in [0, 0.1) is 23.2 Å². The number of hydrogen-bond donors (Lipinski definition) is 2. The Balaban J connectivity index is 1.75. The number of esters is 3. The number of nitrogen functional groups attached to an aromatic ring is 1. The van der Waals surface area contributed by atoms with Crippen LogP contribution in [0.2, 0.25) is 0 Å². The number of carbonyl (C=O) groups excluding carboxylic acids is 3. The van der Waals surface area contributed by atoms with Crippen molar-refractivity contribution in [3.63, 3.8) is 0 Å². The van der Waals surface area contributed by atoms with Gasteiger partial charge < -0.3 is 34.1 Å². The maximum Gasteiger partial charge on any atom is 0.459 e. The van der Waals surface area contributed by atoms with Crippen LogP contribution in [0.25, 0.3) is 5.52 Å². The number of methoxy groups -OCH3 is 1. The van der Waals surface area contributed by atoms with E-state index in [1.54, 1.807) is 52.0 Å². The number of nitrogens with two attached hydrogens (primary N) is 1. The van der Waals surface area contributed by atoms with Crippen molar-refractivity contribution in [1.29, 1.82) is 5.26 Å². The van der Waals surface area contributed by atoms with Crippen LogP contribution < -0.4 is 15.3 Å². The zero-order valence-corrected chi connectivity index (χ0v) is 31.9. The number of aromatic nitrogens is 3. The van der Waals surface area contributed by atoms with Crippen molar-refractivity contribution in [3.8, 4) is 11.8 Å². The second-order valence-electron chi connectivity index (χ2n) is 13.4. The molecule has 53 heavy (non-hydrogen) atoms. The van der Waals surface area contributed by atoms with Crippen LogP contribution in [0.5, 0.6) is 5.75 Å². The molecule has 2 aromatic heterocycles. The largest absolute Gasteiger partial charge is 0.461 e. The molecule has 0 bridgehead atoms. The number of nitrogens with one attached hydrogen (secondary N) is 1. The number of carbonyl (C=O) groups is 3. The topological polar surface area (TPSA) is 219 Å². The molecule has 4 rings (SSSR count). The van der Waals surface area contributed by atoms with Crippen molar-refractivity contribution in [1.82, 2.24) is 24.6 Å². The summed E-state index contributed by atoms with van der Waals surface area (Å²) in [5.41, 5.74) is 4.24. The van der Waals surface area contributed by atoms with Crippen molar-refractivity contribution in [2.75, 3.05) is 39.6 Å². The predicted molar refractivity (Wildman–Crippen MR) is 191 cm³/mol. The van der Waals surface area contributed by atoms with Gasteiger partial charge in [-0.2, -0.15) is 15.4 Å². The minimum atomic E-state index is -4.59. The Kier molecular flexibility index (Phi) is 13.9. The standard InChI is InChI=1S/C35H48N7O10P/c1-22(2)32(43)50-29(27-13-14-28-31(37)38-21-39-42(27)28)30(51-33(44)23(3)4)35(19-36,47-7)20-48-53(46,52-26-11-9-8-10-12-26)40-24(5)34(45)49-25-15-17-41(6)18-16-25/h8-14,21-25,29-30H,15-18,20H2,1-7H3,(H,40,46)(H2,37,38,39)/t24-,29-,30-,35+,53?/m0/s1. The second kappa shape index (κ2) is 18.0. The molecule has 1 saturated heterocycles. The van der Waals surface area contributed by atoms with Gasteiger partial charge in [0, 0.05) is 20.2 Å². The highest BCUT2D eigenvalue weighted by molar-refractivity contribution is 7.52. The molecule has 0 amide bonds. The Labute approximate surface area is 308 Å². The molecular formula is C35H48N7O10P. The fourth-order valence-corrected chi connectivity index (χ4v) is 6.86. The van der Waals surface area contributed by atoms with Crippen molar-refractivity contribution >= 4 is 37.0 Å². The number of likely N-dealkylation sites (tertiary alicyclic amines) is 1. The van der Waals surface area contributed by atoms with Crippen LogP contribution in [0.4, 0.5) is 5.82 Å². The van der Waals surface area contributed by atoms with Crippen LogP contribution in [0.1, 0.15) is 59.3 Å². The summed E-state index contributed by atoms with van der Waals surface area (Å²) >= 11 is 0. The third kappa shape index (κ3) is 10.3. The lowest BCUT2D eigenvalue weighted by Gasteiger charge is -2.38. The zero-order chi connectivity index (χ0) is 38.9. The van der Waals surface area contributed by atoms with Crippen LogP contribution in [-0.2, 0) is 42.4 Å². The minimum Gasteiger partial charge on any atom is -0.461 e. The van der Waals surface area contributed by atoms with E-state index < -0.39 is 67.9 Å². The number of benzene rings is 1. The fourth-order valence-electron chi connectivity index (χ4n) is 5.34. The number of ether oxygens (including phenoxy) is 4. The number of nitriles is 1. The molecular weight excluding hydrogens is 709 g/mol. The monoisotopic (exact) mass is 757 g/mol. The van der Waals surface area contributed by atoms with Crippen LogP contribution in [-0.4, -0.2) is 95.1 Å². The Morgan fingerprint density at radius 2 is 1.66 bits per heavy atom. The Morgan fingerprint density at radius 1 is 1.02 bits per heavy atom. The van der Waals surface area contributed by atoms with Gasteiger partial charge in [0.05, 0.1) is 17.5 Å². The highest BCUT2D eigenvalue weighted by atomic mass is 31.2. The molecule has 17 nitrogen and oxygen atoms in total. The summed E-state index contributed by atoms with van der Waals surface area (Å²) in [7, 11) is -1.46. The van der Waals surface area contributed by atoms with Crippen LogP contribution in [0.3, 0.4) is 0 Å². The number of para-hydroxylation sites is 1. The van der Waals surface area contributed by atoms with Crippen molar-refractivity contribution in [3.05, 3.63) is 54.5 Å². The summed E-state index contributed by atoms with van der Waals surface area (Å²) < 4.78 is 51.0. The average Bonchev–Trinajstić information content (AvgIpc) is 3.57. The fraction of sp³-hybridized carbons (Fsp3) is 0.543. The molecule has 3 aromatic rings. The molecule has 3 heterocycles. The van der Waals surface area contributed by atoms with Gasteiger partial charge in [0.15, 0.2) is 18.0 Å². The third-order valence-electron chi connectivity index (χ3n) is 8.59. The van der Waals surface area contributed by atoms with Gasteiger partial charge in [-0.25, -0.2) is 14.1 Å². The van der Waals surface area contributed by atoms with Crippen molar-refractivity contribution < 1.29 is 46.9 Å². The Bertz CT molecular complexity index is 1810. The molecule has 288 valence electrons. The van der Waals surface area contributed by atoms with E-state index in [4.69, 9.17) is 33.7 Å². The molecule has 1 aliphatic rings.